The predicted octanol–water partition coefficient (Wildman–Crippen LogP) is 3.45. The molecule has 30 heavy (non-hydrogen) atoms. The lowest BCUT2D eigenvalue weighted by molar-refractivity contribution is -0.384. The van der Waals surface area contributed by atoms with E-state index in [1.807, 2.05) is 0 Å². The number of nitro benzene ring substituents is 1. The molecule has 0 saturated heterocycles. The largest absolute Gasteiger partial charge is 0.494 e. The number of fused-ring (bicyclic) bond motifs is 1. The Morgan fingerprint density at radius 2 is 1.73 bits per heavy atom. The van der Waals surface area contributed by atoms with Gasteiger partial charge in [-0.1, -0.05) is 36.4 Å². The molecule has 0 aliphatic carbocycles. The first kappa shape index (κ1) is 18.8. The summed E-state index contributed by atoms with van der Waals surface area (Å²) in [6.45, 7) is 0. The highest BCUT2D eigenvalue weighted by molar-refractivity contribution is 6.01. The Hall–Kier alpha value is -4.53. The van der Waals surface area contributed by atoms with Crippen molar-refractivity contribution in [1.29, 1.82) is 0 Å². The van der Waals surface area contributed by atoms with Crippen molar-refractivity contribution in [3.8, 4) is 11.7 Å². The topological polar surface area (TPSA) is 123 Å². The normalized spacial score (nSPS) is 11.1. The number of anilines is 1. The van der Waals surface area contributed by atoms with Gasteiger partial charge in [0.1, 0.15) is 11.5 Å². The van der Waals surface area contributed by atoms with Crippen LogP contribution in [0, 0.1) is 10.1 Å². The number of nitrogens with one attached hydrogen (secondary N) is 1. The summed E-state index contributed by atoms with van der Waals surface area (Å²) in [4.78, 5) is 27.7. The average Bonchev–Trinajstić information content (AvgIpc) is 2.77. The highest BCUT2D eigenvalue weighted by Crippen LogP contribution is 2.26. The van der Waals surface area contributed by atoms with Crippen LogP contribution >= 0.6 is 0 Å². The first-order chi connectivity index (χ1) is 14.6. The minimum absolute atomic E-state index is 0.137. The first-order valence-electron chi connectivity index (χ1n) is 8.88. The highest BCUT2D eigenvalue weighted by Gasteiger charge is 2.17. The zero-order chi connectivity index (χ0) is 21.1. The second-order valence-corrected chi connectivity index (χ2v) is 6.26. The van der Waals surface area contributed by atoms with Crippen LogP contribution in [0.25, 0.3) is 16.6 Å². The fourth-order valence-corrected chi connectivity index (χ4v) is 3.08. The molecule has 148 valence electrons. The molecular formula is C21H15N5O4. The molecule has 0 spiro atoms. The summed E-state index contributed by atoms with van der Waals surface area (Å²) in [5, 5.41) is 26.9. The first-order valence-corrected chi connectivity index (χ1v) is 8.88. The summed E-state index contributed by atoms with van der Waals surface area (Å²) >= 11 is 0. The van der Waals surface area contributed by atoms with E-state index < -0.39 is 10.5 Å². The van der Waals surface area contributed by atoms with Gasteiger partial charge in [-0.05, 0) is 24.3 Å². The maximum Gasteiger partial charge on any atom is 0.294 e. The van der Waals surface area contributed by atoms with Crippen molar-refractivity contribution >= 4 is 28.4 Å². The molecule has 0 unspecified atom stereocenters. The quantitative estimate of drug-likeness (QED) is 0.300. The van der Waals surface area contributed by atoms with E-state index in [0.717, 1.165) is 4.57 Å². The number of benzene rings is 2. The van der Waals surface area contributed by atoms with Crippen LogP contribution < -0.4 is 11.0 Å². The van der Waals surface area contributed by atoms with Crippen LogP contribution in [0.1, 0.15) is 5.56 Å². The SMILES string of the molecule is O=c1c2ccccc2c(/C=N/Nc2ccccc2[N+](=O)[O-])c(O)n1-c1ccccn1. The second-order valence-electron chi connectivity index (χ2n) is 6.26. The fourth-order valence-electron chi connectivity index (χ4n) is 3.08. The van der Waals surface area contributed by atoms with Gasteiger partial charge in [-0.3, -0.25) is 20.3 Å². The summed E-state index contributed by atoms with van der Waals surface area (Å²) < 4.78 is 1.09. The maximum atomic E-state index is 12.9. The Labute approximate surface area is 169 Å². The molecule has 9 heteroatoms. The van der Waals surface area contributed by atoms with Gasteiger partial charge < -0.3 is 5.11 Å². The Kier molecular flexibility index (Phi) is 4.92. The molecule has 0 radical (unpaired) electrons. The minimum Gasteiger partial charge on any atom is -0.494 e. The van der Waals surface area contributed by atoms with Crippen LogP contribution in [-0.4, -0.2) is 25.8 Å². The summed E-state index contributed by atoms with van der Waals surface area (Å²) in [6, 6.07) is 17.8. The van der Waals surface area contributed by atoms with E-state index in [0.29, 0.717) is 10.8 Å². The molecule has 0 aliphatic rings. The molecule has 0 amide bonds. The van der Waals surface area contributed by atoms with Gasteiger partial charge >= 0.3 is 0 Å². The molecular weight excluding hydrogens is 386 g/mol. The van der Waals surface area contributed by atoms with E-state index in [1.165, 1.54) is 24.5 Å². The third-order valence-corrected chi connectivity index (χ3v) is 4.46. The molecule has 9 nitrogen and oxygen atoms in total. The van der Waals surface area contributed by atoms with Gasteiger partial charge in [0.2, 0.25) is 5.88 Å². The molecule has 2 heterocycles. The molecule has 2 aromatic carbocycles. The Balaban J connectivity index is 1.84. The molecule has 2 N–H and O–H groups in total. The predicted molar refractivity (Wildman–Crippen MR) is 113 cm³/mol. The van der Waals surface area contributed by atoms with Crippen LogP contribution in [0.15, 0.2) is 82.8 Å². The number of pyridine rings is 2. The molecule has 0 saturated carbocycles. The number of hydrogen-bond acceptors (Lipinski definition) is 7. The van der Waals surface area contributed by atoms with Crippen LogP contribution in [0.2, 0.25) is 0 Å². The lowest BCUT2D eigenvalue weighted by Crippen LogP contribution is -2.21. The van der Waals surface area contributed by atoms with Gasteiger partial charge in [-0.25, -0.2) is 9.55 Å². The van der Waals surface area contributed by atoms with Crippen LogP contribution in [0.4, 0.5) is 11.4 Å². The van der Waals surface area contributed by atoms with Crippen molar-refractivity contribution < 1.29 is 10.0 Å². The molecule has 4 rings (SSSR count). The number of aromatic nitrogens is 2. The summed E-state index contributed by atoms with van der Waals surface area (Å²) in [5.41, 5.74) is 2.52. The van der Waals surface area contributed by atoms with E-state index in [9.17, 15) is 20.0 Å². The summed E-state index contributed by atoms with van der Waals surface area (Å²) in [6.07, 6.45) is 2.83. The van der Waals surface area contributed by atoms with Gasteiger partial charge in [-0.15, -0.1) is 0 Å². The summed E-state index contributed by atoms with van der Waals surface area (Å²) in [7, 11) is 0. The number of rotatable bonds is 5. The smallest absolute Gasteiger partial charge is 0.294 e. The van der Waals surface area contributed by atoms with Crippen LogP contribution in [-0.2, 0) is 0 Å². The van der Waals surface area contributed by atoms with E-state index in [4.69, 9.17) is 0 Å². The van der Waals surface area contributed by atoms with Crippen molar-refractivity contribution in [3.63, 3.8) is 0 Å². The zero-order valence-electron chi connectivity index (χ0n) is 15.5. The third-order valence-electron chi connectivity index (χ3n) is 4.46. The van der Waals surface area contributed by atoms with Crippen molar-refractivity contribution in [2.75, 3.05) is 5.43 Å². The Morgan fingerprint density at radius 1 is 1.03 bits per heavy atom. The summed E-state index contributed by atoms with van der Waals surface area (Å²) in [5.74, 6) is -0.0856. The fraction of sp³-hybridized carbons (Fsp3) is 0. The Bertz CT molecular complexity index is 1330. The number of aromatic hydroxyl groups is 1. The second kappa shape index (κ2) is 7.84. The van der Waals surface area contributed by atoms with Gasteiger partial charge in [0, 0.05) is 23.0 Å². The monoisotopic (exact) mass is 401 g/mol. The lowest BCUT2D eigenvalue weighted by Gasteiger charge is -2.12. The zero-order valence-corrected chi connectivity index (χ0v) is 15.5. The lowest BCUT2D eigenvalue weighted by atomic mass is 10.1. The van der Waals surface area contributed by atoms with Crippen molar-refractivity contribution in [2.24, 2.45) is 5.10 Å². The molecule has 2 aromatic heterocycles. The van der Waals surface area contributed by atoms with Crippen LogP contribution in [0.3, 0.4) is 0 Å². The van der Waals surface area contributed by atoms with Gasteiger partial charge in [0.15, 0.2) is 0 Å². The standard InChI is InChI=1S/C21H15N5O4/c27-20-15-8-2-1-7-14(15)16(21(28)25(20)19-11-5-6-12-22-19)13-23-24-17-9-3-4-10-18(17)26(29)30/h1-13,24,28H/b23-13+. The molecule has 0 aliphatic heterocycles. The van der Waals surface area contributed by atoms with E-state index >= 15 is 0 Å². The van der Waals surface area contributed by atoms with Crippen molar-refractivity contribution in [1.82, 2.24) is 9.55 Å². The average molecular weight is 401 g/mol. The van der Waals surface area contributed by atoms with Gasteiger partial charge in [0.05, 0.1) is 16.7 Å². The van der Waals surface area contributed by atoms with Crippen molar-refractivity contribution in [2.45, 2.75) is 0 Å². The third kappa shape index (κ3) is 3.35. The number of hydrazone groups is 1. The number of hydrogen-bond donors (Lipinski definition) is 2. The van der Waals surface area contributed by atoms with E-state index in [-0.39, 0.29) is 28.6 Å². The molecule has 0 atom stereocenters. The molecule has 0 bridgehead atoms. The Morgan fingerprint density at radius 3 is 2.47 bits per heavy atom. The number of nitro groups is 1. The maximum absolute atomic E-state index is 12.9. The molecule has 4 aromatic rings. The highest BCUT2D eigenvalue weighted by atomic mass is 16.6. The van der Waals surface area contributed by atoms with E-state index in [2.05, 4.69) is 15.5 Å². The molecule has 0 fully saturated rings. The minimum atomic E-state index is -0.522. The van der Waals surface area contributed by atoms with Gasteiger partial charge in [-0.2, -0.15) is 5.10 Å². The van der Waals surface area contributed by atoms with Crippen molar-refractivity contribution in [3.05, 3.63) is 99.0 Å². The van der Waals surface area contributed by atoms with Crippen LogP contribution in [0.5, 0.6) is 5.88 Å². The number of para-hydroxylation sites is 2. The number of nitrogens with zero attached hydrogens (tertiary/aromatic N) is 4. The van der Waals surface area contributed by atoms with Gasteiger partial charge in [0.25, 0.3) is 11.2 Å². The van der Waals surface area contributed by atoms with E-state index in [1.54, 1.807) is 54.6 Å².